The molecule has 0 aliphatic carbocycles. The maximum absolute atomic E-state index is 5.08. The molecule has 11 heteroatoms. The zero-order chi connectivity index (χ0) is 18.5. The third-order valence-corrected chi connectivity index (χ3v) is 3.23. The minimum Gasteiger partial charge on any atom is -0.741 e. The van der Waals surface area contributed by atoms with Crippen LogP contribution in [0.15, 0.2) is 20.4 Å². The molecular formula is C14H28N8NiS2. The number of nitrogens with one attached hydrogen (secondary N) is 2. The van der Waals surface area contributed by atoms with E-state index in [1.807, 2.05) is 28.2 Å². The fraction of sp³-hybridized carbons (Fsp3) is 0.714. The fourth-order valence-corrected chi connectivity index (χ4v) is 1.51. The summed E-state index contributed by atoms with van der Waals surface area (Å²) in [5, 5.41) is 22.7. The van der Waals surface area contributed by atoms with Crippen LogP contribution in [0, 0.1) is 0 Å². The number of amidine groups is 2. The number of nitrogens with zero attached hydrogens (tertiary/aromatic N) is 6. The fourth-order valence-electron chi connectivity index (χ4n) is 1.23. The quantitative estimate of drug-likeness (QED) is 0.174. The van der Waals surface area contributed by atoms with Gasteiger partial charge in [-0.3, -0.25) is 0 Å². The largest absolute Gasteiger partial charge is 2.00 e. The van der Waals surface area contributed by atoms with Gasteiger partial charge in [-0.2, -0.15) is 20.4 Å². The van der Waals surface area contributed by atoms with E-state index in [1.54, 1.807) is 13.8 Å². The van der Waals surface area contributed by atoms with Gasteiger partial charge in [0.1, 0.15) is 0 Å². The summed E-state index contributed by atoms with van der Waals surface area (Å²) in [6, 6.07) is 0. The average molecular weight is 431 g/mol. The predicted octanol–water partition coefficient (Wildman–Crippen LogP) is -0.156. The van der Waals surface area contributed by atoms with Crippen LogP contribution in [0.25, 0.3) is 0 Å². The molecule has 0 atom stereocenters. The SMILES string of the molecule is CC(=N\N=C(/[S-])NCCN(C)C)/C(C)=N/N=C(\[S-])NCCN(C)C.[Ni+2]. The summed E-state index contributed by atoms with van der Waals surface area (Å²) < 4.78 is 0. The molecule has 0 bridgehead atoms. The first-order valence-electron chi connectivity index (χ1n) is 7.58. The molecule has 0 rings (SSSR count). The van der Waals surface area contributed by atoms with E-state index in [9.17, 15) is 0 Å². The summed E-state index contributed by atoms with van der Waals surface area (Å²) in [6.45, 7) is 6.77. The molecule has 0 radical (unpaired) electrons. The monoisotopic (exact) mass is 430 g/mol. The van der Waals surface area contributed by atoms with Crippen LogP contribution >= 0.6 is 0 Å². The summed E-state index contributed by atoms with van der Waals surface area (Å²) >= 11 is 10.2. The first-order valence-corrected chi connectivity index (χ1v) is 8.40. The smallest absolute Gasteiger partial charge is 0.741 e. The van der Waals surface area contributed by atoms with Crippen LogP contribution < -0.4 is 10.6 Å². The molecule has 0 aliphatic heterocycles. The van der Waals surface area contributed by atoms with Gasteiger partial charge < -0.3 is 45.7 Å². The summed E-state index contributed by atoms with van der Waals surface area (Å²) in [5.41, 5.74) is 1.26. The van der Waals surface area contributed by atoms with Gasteiger partial charge in [-0.15, -0.1) is 0 Å². The predicted molar refractivity (Wildman–Crippen MR) is 109 cm³/mol. The Labute approximate surface area is 172 Å². The minimum absolute atomic E-state index is 0. The maximum Gasteiger partial charge on any atom is 2.00 e. The summed E-state index contributed by atoms with van der Waals surface area (Å²) in [4.78, 5) is 4.11. The summed E-state index contributed by atoms with van der Waals surface area (Å²) in [7, 11) is 7.97. The van der Waals surface area contributed by atoms with Gasteiger partial charge in [0.15, 0.2) is 0 Å². The Morgan fingerprint density at radius 3 is 1.32 bits per heavy atom. The Morgan fingerprint density at radius 2 is 1.04 bits per heavy atom. The van der Waals surface area contributed by atoms with Gasteiger partial charge in [-0.25, -0.2) is 0 Å². The second-order valence-corrected chi connectivity index (χ2v) is 6.41. The average Bonchev–Trinajstić information content (AvgIpc) is 2.49. The topological polar surface area (TPSA) is 80.0 Å². The van der Waals surface area contributed by atoms with E-state index in [0.717, 1.165) is 26.2 Å². The molecule has 0 saturated heterocycles. The van der Waals surface area contributed by atoms with Crippen LogP contribution in [-0.4, -0.2) is 85.9 Å². The van der Waals surface area contributed by atoms with Crippen molar-refractivity contribution in [3.8, 4) is 0 Å². The first kappa shape index (κ1) is 26.4. The van der Waals surface area contributed by atoms with Crippen molar-refractivity contribution in [1.29, 1.82) is 0 Å². The van der Waals surface area contributed by atoms with Crippen LogP contribution in [0.4, 0.5) is 0 Å². The second-order valence-electron chi connectivity index (χ2n) is 5.64. The molecule has 0 saturated carbocycles. The van der Waals surface area contributed by atoms with Crippen molar-refractivity contribution in [1.82, 2.24) is 20.4 Å². The van der Waals surface area contributed by atoms with Crippen LogP contribution in [0.1, 0.15) is 13.8 Å². The van der Waals surface area contributed by atoms with Crippen molar-refractivity contribution < 1.29 is 16.5 Å². The summed E-state index contributed by atoms with van der Waals surface area (Å²) in [6.07, 6.45) is 0. The zero-order valence-electron chi connectivity index (χ0n) is 15.6. The molecule has 0 aromatic rings. The van der Waals surface area contributed by atoms with Crippen molar-refractivity contribution in [2.45, 2.75) is 13.8 Å². The third kappa shape index (κ3) is 16.4. The van der Waals surface area contributed by atoms with E-state index in [0.29, 0.717) is 21.8 Å². The van der Waals surface area contributed by atoms with E-state index >= 15 is 0 Å². The van der Waals surface area contributed by atoms with Gasteiger partial charge in [0, 0.05) is 26.2 Å². The van der Waals surface area contributed by atoms with Crippen molar-refractivity contribution in [2.75, 3.05) is 54.4 Å². The zero-order valence-corrected chi connectivity index (χ0v) is 18.3. The molecule has 8 nitrogen and oxygen atoms in total. The van der Waals surface area contributed by atoms with Crippen LogP contribution in [0.2, 0.25) is 0 Å². The van der Waals surface area contributed by atoms with Crippen molar-refractivity contribution in [3.63, 3.8) is 0 Å². The first-order chi connectivity index (χ1) is 11.2. The number of rotatable bonds is 9. The molecule has 25 heavy (non-hydrogen) atoms. The molecule has 0 aliphatic rings. The van der Waals surface area contributed by atoms with Crippen molar-refractivity contribution in [3.05, 3.63) is 0 Å². The second kappa shape index (κ2) is 15.4. The van der Waals surface area contributed by atoms with Gasteiger partial charge in [0.2, 0.25) is 0 Å². The van der Waals surface area contributed by atoms with Crippen LogP contribution in [-0.2, 0) is 41.7 Å². The summed E-state index contributed by atoms with van der Waals surface area (Å²) in [5.74, 6) is 0. The normalized spacial score (nSPS) is 13.9. The van der Waals surface area contributed by atoms with E-state index in [1.165, 1.54) is 0 Å². The molecule has 0 aromatic heterocycles. The van der Waals surface area contributed by atoms with Gasteiger partial charge in [-0.05, 0) is 52.4 Å². The van der Waals surface area contributed by atoms with Gasteiger partial charge in [0.25, 0.3) is 0 Å². The van der Waals surface area contributed by atoms with Crippen molar-refractivity contribution in [2.24, 2.45) is 20.4 Å². The Balaban J connectivity index is 0. The molecule has 0 spiro atoms. The Hall–Kier alpha value is -0.866. The molecule has 0 aromatic carbocycles. The molecule has 2 N–H and O–H groups in total. The number of hydrogen-bond acceptors (Lipinski definition) is 8. The molecule has 0 fully saturated rings. The standard InChI is InChI=1S/C14H30N8S2.Ni/c1-11(17-19-13(23)15-7-9-21(3)4)12(2)18-20-14(24)16-8-10-22(5)6;/h7-10H2,1-6H3,(H2,15,19,23)(H2,16,20,24);/q;+2/p-2/b17-11+,18-12+;. The number of hydrogen-bond donors (Lipinski definition) is 2. The van der Waals surface area contributed by atoms with Crippen molar-refractivity contribution >= 4 is 47.0 Å². The van der Waals surface area contributed by atoms with Gasteiger partial charge in [-0.1, -0.05) is 0 Å². The Kier molecular flexibility index (Phi) is 16.2. The van der Waals surface area contributed by atoms with E-state index in [2.05, 4.69) is 40.8 Å². The maximum atomic E-state index is 5.08. The number of likely N-dealkylation sites (N-methyl/N-ethyl adjacent to an activating group) is 2. The van der Waals surface area contributed by atoms with E-state index in [-0.39, 0.29) is 16.5 Å². The third-order valence-electron chi connectivity index (χ3n) is 2.78. The van der Waals surface area contributed by atoms with Gasteiger partial charge in [0.05, 0.1) is 11.4 Å². The van der Waals surface area contributed by atoms with E-state index < -0.39 is 0 Å². The minimum atomic E-state index is 0. The molecule has 0 heterocycles. The van der Waals surface area contributed by atoms with Crippen LogP contribution in [0.5, 0.6) is 0 Å². The molecule has 146 valence electrons. The van der Waals surface area contributed by atoms with E-state index in [4.69, 9.17) is 25.3 Å². The molecular weight excluding hydrogens is 403 g/mol. The molecule has 0 unspecified atom stereocenters. The molecule has 0 amide bonds. The Morgan fingerprint density at radius 1 is 0.720 bits per heavy atom. The Bertz CT molecular complexity index is 445. The van der Waals surface area contributed by atoms with Crippen LogP contribution in [0.3, 0.4) is 0 Å². The van der Waals surface area contributed by atoms with Gasteiger partial charge >= 0.3 is 16.5 Å².